The van der Waals surface area contributed by atoms with Crippen LogP contribution in [0.4, 0.5) is 0 Å². The predicted molar refractivity (Wildman–Crippen MR) is 182 cm³/mol. The molecule has 1 aliphatic rings. The molecule has 1 N–H and O–H groups in total. The lowest BCUT2D eigenvalue weighted by molar-refractivity contribution is 0.194. The molecular formula is C39H35OP2. The molecule has 42 heavy (non-hydrogen) atoms. The summed E-state index contributed by atoms with van der Waals surface area (Å²) >= 11 is 0. The average molecular weight is 582 g/mol. The van der Waals surface area contributed by atoms with Crippen molar-refractivity contribution in [3.8, 4) is 0 Å². The van der Waals surface area contributed by atoms with E-state index in [0.717, 1.165) is 11.5 Å². The van der Waals surface area contributed by atoms with E-state index in [2.05, 4.69) is 172 Å². The lowest BCUT2D eigenvalue weighted by Gasteiger charge is -2.36. The average Bonchev–Trinajstić information content (AvgIpc) is 3.48. The monoisotopic (exact) mass is 581 g/mol. The first-order valence-corrected chi connectivity index (χ1v) is 17.2. The summed E-state index contributed by atoms with van der Waals surface area (Å²) in [4.78, 5) is 0. The summed E-state index contributed by atoms with van der Waals surface area (Å²) in [6.07, 6.45) is 3.78. The zero-order valence-corrected chi connectivity index (χ0v) is 25.8. The fourth-order valence-corrected chi connectivity index (χ4v) is 10.7. The quantitative estimate of drug-likeness (QED) is 0.180. The highest BCUT2D eigenvalue weighted by molar-refractivity contribution is 7.80. The van der Waals surface area contributed by atoms with E-state index in [-0.39, 0.29) is 5.92 Å². The molecule has 207 valence electrons. The SMILES string of the molecule is CC(C)[C]1[CH][CH][C](P(c2ccccc2)c2ccccc2)[C]1C(O)c1ccccc1P(c1ccccc1)c1ccccc1. The van der Waals surface area contributed by atoms with Crippen LogP contribution < -0.4 is 26.5 Å². The highest BCUT2D eigenvalue weighted by Crippen LogP contribution is 2.63. The molecule has 0 spiro atoms. The Balaban J connectivity index is 1.47. The van der Waals surface area contributed by atoms with E-state index < -0.39 is 21.9 Å². The van der Waals surface area contributed by atoms with Crippen LogP contribution >= 0.6 is 15.8 Å². The van der Waals surface area contributed by atoms with Crippen LogP contribution in [0.15, 0.2) is 146 Å². The van der Waals surface area contributed by atoms with E-state index in [1.807, 2.05) is 0 Å². The number of benzene rings is 5. The smallest absolute Gasteiger partial charge is 0.0874 e. The van der Waals surface area contributed by atoms with Crippen molar-refractivity contribution in [1.82, 2.24) is 0 Å². The van der Waals surface area contributed by atoms with Crippen molar-refractivity contribution in [2.45, 2.75) is 20.0 Å². The zero-order valence-electron chi connectivity index (χ0n) is 24.0. The molecule has 1 aliphatic carbocycles. The van der Waals surface area contributed by atoms with Gasteiger partial charge in [0.1, 0.15) is 0 Å². The van der Waals surface area contributed by atoms with Gasteiger partial charge in [0, 0.05) is 11.6 Å². The Morgan fingerprint density at radius 3 is 1.33 bits per heavy atom. The fraction of sp³-hybridized carbons (Fsp3) is 0.103. The normalized spacial score (nSPS) is 15.6. The largest absolute Gasteiger partial charge is 0.388 e. The molecule has 1 nitrogen and oxygen atoms in total. The predicted octanol–water partition coefficient (Wildman–Crippen LogP) is 7.37. The van der Waals surface area contributed by atoms with Crippen molar-refractivity contribution in [1.29, 1.82) is 0 Å². The van der Waals surface area contributed by atoms with E-state index in [1.54, 1.807) is 0 Å². The molecule has 5 radical (unpaired) electrons. The zero-order chi connectivity index (χ0) is 28.9. The van der Waals surface area contributed by atoms with Gasteiger partial charge in [0.25, 0.3) is 0 Å². The summed E-state index contributed by atoms with van der Waals surface area (Å²) in [7, 11) is -1.73. The van der Waals surface area contributed by atoms with Crippen LogP contribution in [0.5, 0.6) is 0 Å². The Labute approximate surface area is 254 Å². The third kappa shape index (κ3) is 6.02. The van der Waals surface area contributed by atoms with Gasteiger partial charge in [0.05, 0.1) is 6.10 Å². The second kappa shape index (κ2) is 13.5. The molecule has 1 fully saturated rings. The van der Waals surface area contributed by atoms with Crippen molar-refractivity contribution in [2.24, 2.45) is 5.92 Å². The maximum Gasteiger partial charge on any atom is 0.0874 e. The van der Waals surface area contributed by atoms with Gasteiger partial charge in [0.15, 0.2) is 0 Å². The standard InChI is InChI=1S/C39H35OP2/c1-29(2)34-27-28-37(42(32-21-11-5-12-22-32)33-23-13-6-14-24-33)38(34)39(40)35-25-15-16-26-36(35)41(30-17-7-3-8-18-30)31-19-9-4-10-20-31/h3-29,39-40H,1-2H3. The maximum atomic E-state index is 12.6. The molecule has 0 heterocycles. The van der Waals surface area contributed by atoms with Gasteiger partial charge in [-0.2, -0.15) is 0 Å². The molecule has 1 saturated carbocycles. The fourth-order valence-electron chi connectivity index (χ4n) is 5.73. The molecule has 1 unspecified atom stereocenters. The van der Waals surface area contributed by atoms with E-state index >= 15 is 0 Å². The lowest BCUT2D eigenvalue weighted by Crippen LogP contribution is -2.30. The van der Waals surface area contributed by atoms with Crippen LogP contribution in [0.2, 0.25) is 0 Å². The lowest BCUT2D eigenvalue weighted by atomic mass is 9.80. The first-order chi connectivity index (χ1) is 20.6. The van der Waals surface area contributed by atoms with E-state index in [0.29, 0.717) is 0 Å². The van der Waals surface area contributed by atoms with Crippen molar-refractivity contribution in [3.63, 3.8) is 0 Å². The van der Waals surface area contributed by atoms with Gasteiger partial charge in [-0.25, -0.2) is 0 Å². The Hall–Kier alpha value is -3.08. The van der Waals surface area contributed by atoms with Gasteiger partial charge in [-0.3, -0.25) is 0 Å². The van der Waals surface area contributed by atoms with Gasteiger partial charge < -0.3 is 5.11 Å². The van der Waals surface area contributed by atoms with E-state index in [9.17, 15) is 5.11 Å². The first-order valence-electron chi connectivity index (χ1n) is 14.5. The maximum absolute atomic E-state index is 12.6. The number of aliphatic hydroxyl groups excluding tert-OH is 1. The Kier molecular flexibility index (Phi) is 9.31. The van der Waals surface area contributed by atoms with E-state index in [1.165, 1.54) is 38.1 Å². The minimum Gasteiger partial charge on any atom is -0.388 e. The Morgan fingerprint density at radius 1 is 0.476 bits per heavy atom. The summed E-state index contributed by atoms with van der Waals surface area (Å²) in [5.74, 6) is 2.56. The van der Waals surface area contributed by atoms with Crippen molar-refractivity contribution >= 4 is 42.4 Å². The van der Waals surface area contributed by atoms with E-state index in [4.69, 9.17) is 0 Å². The van der Waals surface area contributed by atoms with Gasteiger partial charge in [-0.15, -0.1) is 0 Å². The molecular weight excluding hydrogens is 546 g/mol. The Bertz CT molecular complexity index is 1460. The topological polar surface area (TPSA) is 20.2 Å². The van der Waals surface area contributed by atoms with Crippen molar-refractivity contribution in [3.05, 3.63) is 181 Å². The molecule has 6 rings (SSSR count). The molecule has 3 heteroatoms. The molecule has 0 aliphatic heterocycles. The summed E-state index contributed by atoms with van der Waals surface area (Å²) in [6, 6.07) is 51.6. The number of aliphatic hydroxyl groups is 1. The summed E-state index contributed by atoms with van der Waals surface area (Å²) in [6.45, 7) is 4.46. The molecule has 0 aromatic heterocycles. The second-order valence-corrected chi connectivity index (χ2v) is 15.1. The van der Waals surface area contributed by atoms with Crippen LogP contribution in [0, 0.1) is 36.3 Å². The highest BCUT2D eigenvalue weighted by Gasteiger charge is 2.48. The molecule has 0 saturated heterocycles. The minimum atomic E-state index is -0.867. The first kappa shape index (κ1) is 29.0. The summed E-state index contributed by atoms with van der Waals surface area (Å²) in [5.41, 5.74) is 2.22. The van der Waals surface area contributed by atoms with Crippen LogP contribution in [0.25, 0.3) is 0 Å². The van der Waals surface area contributed by atoms with Gasteiger partial charge in [0.2, 0.25) is 0 Å². The number of hydrogen-bond donors (Lipinski definition) is 1. The number of rotatable bonds is 9. The molecule has 1 atom stereocenters. The third-order valence-electron chi connectivity index (χ3n) is 7.67. The Morgan fingerprint density at radius 2 is 0.881 bits per heavy atom. The van der Waals surface area contributed by atoms with Gasteiger partial charge in [-0.05, 0) is 72.6 Å². The summed E-state index contributed by atoms with van der Waals surface area (Å²) in [5, 5.41) is 18.9. The number of hydrogen-bond acceptors (Lipinski definition) is 1. The molecule has 0 bridgehead atoms. The molecule has 5 aromatic rings. The summed E-state index contributed by atoms with van der Waals surface area (Å²) < 4.78 is 0. The van der Waals surface area contributed by atoms with Crippen molar-refractivity contribution in [2.75, 3.05) is 0 Å². The van der Waals surface area contributed by atoms with Gasteiger partial charge in [-0.1, -0.05) is 159 Å². The van der Waals surface area contributed by atoms with Gasteiger partial charge >= 0.3 is 0 Å². The highest BCUT2D eigenvalue weighted by atomic mass is 31.1. The molecule has 0 amide bonds. The third-order valence-corrected chi connectivity index (χ3v) is 12.7. The van der Waals surface area contributed by atoms with Crippen molar-refractivity contribution < 1.29 is 5.11 Å². The van der Waals surface area contributed by atoms with Crippen LogP contribution in [0.3, 0.4) is 0 Å². The molecule has 5 aromatic carbocycles. The minimum absolute atomic E-state index is 0.281. The van der Waals surface area contributed by atoms with Crippen LogP contribution in [0.1, 0.15) is 25.5 Å². The second-order valence-electron chi connectivity index (χ2n) is 10.7. The van der Waals surface area contributed by atoms with Crippen LogP contribution in [-0.4, -0.2) is 5.11 Å². The van der Waals surface area contributed by atoms with Crippen LogP contribution in [-0.2, 0) is 0 Å².